The fourth-order valence-corrected chi connectivity index (χ4v) is 3.06. The normalized spacial score (nSPS) is 17.6. The van der Waals surface area contributed by atoms with Crippen molar-refractivity contribution in [2.45, 2.75) is 19.0 Å². The molecule has 0 spiro atoms. The Morgan fingerprint density at radius 3 is 2.78 bits per heavy atom. The SMILES string of the molecule is CN(C[C@@H]1Cc2ccccc2CN1C)C(=O)c1ncccc1O. The Kier molecular flexibility index (Phi) is 4.30. The monoisotopic (exact) mass is 311 g/mol. The molecule has 0 bridgehead atoms. The lowest BCUT2D eigenvalue weighted by Gasteiger charge is -2.36. The number of amides is 1. The average molecular weight is 311 g/mol. The smallest absolute Gasteiger partial charge is 0.276 e. The minimum atomic E-state index is -0.254. The van der Waals surface area contributed by atoms with E-state index in [4.69, 9.17) is 0 Å². The maximum Gasteiger partial charge on any atom is 0.276 e. The lowest BCUT2D eigenvalue weighted by atomic mass is 9.94. The molecule has 1 aromatic heterocycles. The summed E-state index contributed by atoms with van der Waals surface area (Å²) in [4.78, 5) is 20.4. The summed E-state index contributed by atoms with van der Waals surface area (Å²) in [7, 11) is 3.84. The molecule has 0 fully saturated rings. The van der Waals surface area contributed by atoms with Gasteiger partial charge < -0.3 is 10.0 Å². The highest BCUT2D eigenvalue weighted by molar-refractivity contribution is 5.94. The molecular weight excluding hydrogens is 290 g/mol. The van der Waals surface area contributed by atoms with E-state index < -0.39 is 0 Å². The van der Waals surface area contributed by atoms with Crippen LogP contribution in [0.4, 0.5) is 0 Å². The zero-order chi connectivity index (χ0) is 16.4. The van der Waals surface area contributed by atoms with Crippen LogP contribution in [0.25, 0.3) is 0 Å². The summed E-state index contributed by atoms with van der Waals surface area (Å²) in [6.07, 6.45) is 2.43. The number of aromatic hydroxyl groups is 1. The van der Waals surface area contributed by atoms with Gasteiger partial charge in [-0.1, -0.05) is 24.3 Å². The van der Waals surface area contributed by atoms with Crippen LogP contribution >= 0.6 is 0 Å². The summed E-state index contributed by atoms with van der Waals surface area (Å²) >= 11 is 0. The first kappa shape index (κ1) is 15.5. The number of hydrogen-bond acceptors (Lipinski definition) is 4. The van der Waals surface area contributed by atoms with E-state index in [9.17, 15) is 9.90 Å². The van der Waals surface area contributed by atoms with Gasteiger partial charge >= 0.3 is 0 Å². The molecular formula is C18H21N3O2. The second kappa shape index (κ2) is 6.38. The van der Waals surface area contributed by atoms with Gasteiger partial charge in [-0.3, -0.25) is 9.69 Å². The van der Waals surface area contributed by atoms with Gasteiger partial charge in [0.1, 0.15) is 5.75 Å². The number of carbonyl (C=O) groups excluding carboxylic acids is 1. The van der Waals surface area contributed by atoms with Crippen molar-refractivity contribution in [3.05, 3.63) is 59.4 Å². The molecule has 1 atom stereocenters. The third-order valence-electron chi connectivity index (χ3n) is 4.44. The number of fused-ring (bicyclic) bond motifs is 1. The Balaban J connectivity index is 1.72. The minimum absolute atomic E-state index is 0.0771. The van der Waals surface area contributed by atoms with Crippen LogP contribution in [-0.4, -0.2) is 52.5 Å². The van der Waals surface area contributed by atoms with Crippen molar-refractivity contribution in [2.75, 3.05) is 20.6 Å². The van der Waals surface area contributed by atoms with Crippen molar-refractivity contribution in [3.8, 4) is 5.75 Å². The van der Waals surface area contributed by atoms with Gasteiger partial charge in [-0.25, -0.2) is 4.98 Å². The molecule has 1 aromatic carbocycles. The van der Waals surface area contributed by atoms with Crippen molar-refractivity contribution in [3.63, 3.8) is 0 Å². The van der Waals surface area contributed by atoms with E-state index in [-0.39, 0.29) is 23.4 Å². The lowest BCUT2D eigenvalue weighted by molar-refractivity contribution is 0.0724. The van der Waals surface area contributed by atoms with Crippen LogP contribution in [0.5, 0.6) is 5.75 Å². The Morgan fingerprint density at radius 1 is 1.30 bits per heavy atom. The molecule has 1 N–H and O–H groups in total. The molecule has 2 aromatic rings. The molecule has 23 heavy (non-hydrogen) atoms. The lowest BCUT2D eigenvalue weighted by Crippen LogP contribution is -2.46. The van der Waals surface area contributed by atoms with E-state index in [1.54, 1.807) is 18.0 Å². The fraction of sp³-hybridized carbons (Fsp3) is 0.333. The number of benzene rings is 1. The molecule has 0 radical (unpaired) electrons. The molecule has 5 nitrogen and oxygen atoms in total. The van der Waals surface area contributed by atoms with E-state index >= 15 is 0 Å². The molecule has 0 saturated carbocycles. The maximum absolute atomic E-state index is 12.5. The van der Waals surface area contributed by atoms with E-state index in [1.165, 1.54) is 23.4 Å². The predicted molar refractivity (Wildman–Crippen MR) is 88.3 cm³/mol. The van der Waals surface area contributed by atoms with Gasteiger partial charge in [0.2, 0.25) is 0 Å². The van der Waals surface area contributed by atoms with Crippen LogP contribution in [0.3, 0.4) is 0 Å². The highest BCUT2D eigenvalue weighted by Crippen LogP contribution is 2.23. The molecule has 1 amide bonds. The number of pyridine rings is 1. The average Bonchev–Trinajstić information content (AvgIpc) is 2.55. The van der Waals surface area contributed by atoms with Crippen molar-refractivity contribution in [1.29, 1.82) is 0 Å². The van der Waals surface area contributed by atoms with Gasteiger partial charge in [0.25, 0.3) is 5.91 Å². The topological polar surface area (TPSA) is 56.7 Å². The molecule has 0 aliphatic carbocycles. The molecule has 120 valence electrons. The Morgan fingerprint density at radius 2 is 2.04 bits per heavy atom. The van der Waals surface area contributed by atoms with Crippen molar-refractivity contribution in [1.82, 2.24) is 14.8 Å². The van der Waals surface area contributed by atoms with Gasteiger partial charge in [-0.2, -0.15) is 0 Å². The van der Waals surface area contributed by atoms with E-state index in [2.05, 4.69) is 41.2 Å². The highest BCUT2D eigenvalue weighted by Gasteiger charge is 2.26. The summed E-state index contributed by atoms with van der Waals surface area (Å²) in [5, 5.41) is 9.80. The van der Waals surface area contributed by atoms with E-state index in [1.807, 2.05) is 0 Å². The Labute approximate surface area is 136 Å². The molecule has 3 rings (SSSR count). The van der Waals surface area contributed by atoms with Gasteiger partial charge in [-0.05, 0) is 36.7 Å². The molecule has 0 unspecified atom stereocenters. The van der Waals surface area contributed by atoms with Gasteiger partial charge in [0, 0.05) is 32.4 Å². The van der Waals surface area contributed by atoms with Crippen molar-refractivity contribution < 1.29 is 9.90 Å². The predicted octanol–water partition coefficient (Wildman–Crippen LogP) is 1.92. The summed E-state index contributed by atoms with van der Waals surface area (Å²) in [5.74, 6) is -0.331. The standard InChI is InChI=1S/C18H21N3O2/c1-20-11-14-7-4-3-6-13(14)10-15(20)12-21(2)18(23)17-16(22)8-5-9-19-17/h3-9,15,22H,10-12H2,1-2H3/t15-/m0/s1. The maximum atomic E-state index is 12.5. The zero-order valence-corrected chi connectivity index (χ0v) is 13.4. The van der Waals surface area contributed by atoms with Crippen LogP contribution in [0.1, 0.15) is 21.6 Å². The summed E-state index contributed by atoms with van der Waals surface area (Å²) in [6.45, 7) is 1.48. The largest absolute Gasteiger partial charge is 0.505 e. The summed E-state index contributed by atoms with van der Waals surface area (Å²) < 4.78 is 0. The van der Waals surface area contributed by atoms with Gasteiger partial charge in [-0.15, -0.1) is 0 Å². The summed E-state index contributed by atoms with van der Waals surface area (Å²) in [5.41, 5.74) is 2.80. The third-order valence-corrected chi connectivity index (χ3v) is 4.44. The number of rotatable bonds is 3. The number of aromatic nitrogens is 1. The second-order valence-electron chi connectivity index (χ2n) is 6.10. The number of nitrogens with zero attached hydrogens (tertiary/aromatic N) is 3. The van der Waals surface area contributed by atoms with Crippen molar-refractivity contribution >= 4 is 5.91 Å². The van der Waals surface area contributed by atoms with E-state index in [0.717, 1.165) is 13.0 Å². The molecule has 0 saturated heterocycles. The number of carbonyl (C=O) groups is 1. The third kappa shape index (κ3) is 3.19. The van der Waals surface area contributed by atoms with Crippen LogP contribution < -0.4 is 0 Å². The zero-order valence-electron chi connectivity index (χ0n) is 13.4. The minimum Gasteiger partial charge on any atom is -0.505 e. The number of hydrogen-bond donors (Lipinski definition) is 1. The molecule has 2 heterocycles. The first-order valence-corrected chi connectivity index (χ1v) is 7.72. The van der Waals surface area contributed by atoms with Crippen LogP contribution in [0.15, 0.2) is 42.6 Å². The first-order chi connectivity index (χ1) is 11.1. The van der Waals surface area contributed by atoms with Crippen LogP contribution in [-0.2, 0) is 13.0 Å². The fourth-order valence-electron chi connectivity index (χ4n) is 3.06. The molecule has 5 heteroatoms. The second-order valence-corrected chi connectivity index (χ2v) is 6.10. The molecule has 1 aliphatic rings. The van der Waals surface area contributed by atoms with E-state index in [0.29, 0.717) is 6.54 Å². The number of likely N-dealkylation sites (N-methyl/N-ethyl adjacent to an activating group) is 2. The highest BCUT2D eigenvalue weighted by atomic mass is 16.3. The first-order valence-electron chi connectivity index (χ1n) is 7.72. The summed E-state index contributed by atoms with van der Waals surface area (Å²) in [6, 6.07) is 11.8. The van der Waals surface area contributed by atoms with Crippen molar-refractivity contribution in [2.24, 2.45) is 0 Å². The van der Waals surface area contributed by atoms with Crippen LogP contribution in [0, 0.1) is 0 Å². The van der Waals surface area contributed by atoms with Crippen LogP contribution in [0.2, 0.25) is 0 Å². The Bertz CT molecular complexity index is 717. The van der Waals surface area contributed by atoms with Gasteiger partial charge in [0.15, 0.2) is 5.69 Å². The quantitative estimate of drug-likeness (QED) is 0.941. The Hall–Kier alpha value is -2.40. The van der Waals surface area contributed by atoms with Gasteiger partial charge in [0.05, 0.1) is 0 Å². The molecule has 1 aliphatic heterocycles.